The van der Waals surface area contributed by atoms with Crippen LogP contribution in [0.5, 0.6) is 0 Å². The van der Waals surface area contributed by atoms with Crippen LogP contribution in [0.4, 0.5) is 0 Å². The van der Waals surface area contributed by atoms with Crippen LogP contribution >= 0.6 is 0 Å². The molecule has 0 aliphatic heterocycles. The molecule has 132 valence electrons. The fourth-order valence-electron chi connectivity index (χ4n) is 7.57. The molecule has 6 aliphatic carbocycles. The highest BCUT2D eigenvalue weighted by Gasteiger charge is 2.53. The van der Waals surface area contributed by atoms with E-state index in [1.807, 2.05) is 0 Å². The second-order valence-corrected chi connectivity index (χ2v) is 10.2. The summed E-state index contributed by atoms with van der Waals surface area (Å²) in [6.07, 6.45) is 26.7. The maximum atomic E-state index is 2.37. The molecule has 0 heterocycles. The van der Waals surface area contributed by atoms with E-state index in [0.717, 1.165) is 28.6 Å². The predicted molar refractivity (Wildman–Crippen MR) is 99.5 cm³/mol. The van der Waals surface area contributed by atoms with Crippen molar-refractivity contribution in [2.75, 3.05) is 0 Å². The summed E-state index contributed by atoms with van der Waals surface area (Å²) in [5, 5.41) is 0. The van der Waals surface area contributed by atoms with Gasteiger partial charge in [0.15, 0.2) is 0 Å². The second-order valence-electron chi connectivity index (χ2n) is 10.2. The van der Waals surface area contributed by atoms with Gasteiger partial charge in [0.25, 0.3) is 0 Å². The zero-order valence-corrected chi connectivity index (χ0v) is 15.8. The van der Waals surface area contributed by atoms with E-state index >= 15 is 0 Å². The Balaban J connectivity index is 1.49. The van der Waals surface area contributed by atoms with Gasteiger partial charge in [-0.2, -0.15) is 0 Å². The van der Waals surface area contributed by atoms with E-state index in [1.54, 1.807) is 89.9 Å². The normalized spacial score (nSPS) is 46.6. The second kappa shape index (κ2) is 6.72. The average Bonchev–Trinajstić information content (AvgIpc) is 2.57. The Labute approximate surface area is 145 Å². The summed E-state index contributed by atoms with van der Waals surface area (Å²) >= 11 is 0. The van der Waals surface area contributed by atoms with Crippen LogP contribution in [0.15, 0.2) is 0 Å². The standard InChI is InChI=1S/C23H40/c1-2-3-5-12-22-14-10-20(11-15-22)21(18-22)23-13-6-4-7-19(8-16-23)9-17-23/h19-21H,2-18H2,1H3. The van der Waals surface area contributed by atoms with Crippen molar-refractivity contribution in [2.45, 2.75) is 116 Å². The first-order valence-corrected chi connectivity index (χ1v) is 11.3. The quantitative estimate of drug-likeness (QED) is 0.460. The van der Waals surface area contributed by atoms with Gasteiger partial charge in [-0.3, -0.25) is 0 Å². The molecule has 1 atom stereocenters. The van der Waals surface area contributed by atoms with Crippen LogP contribution in [0.2, 0.25) is 0 Å². The molecule has 0 radical (unpaired) electrons. The first-order valence-electron chi connectivity index (χ1n) is 11.3. The molecule has 0 saturated heterocycles. The van der Waals surface area contributed by atoms with E-state index in [-0.39, 0.29) is 0 Å². The van der Waals surface area contributed by atoms with E-state index in [2.05, 4.69) is 6.92 Å². The smallest absolute Gasteiger partial charge is 0.0266 e. The van der Waals surface area contributed by atoms with Crippen LogP contribution in [0, 0.1) is 28.6 Å². The first kappa shape index (κ1) is 16.5. The molecule has 0 amide bonds. The molecule has 0 spiro atoms. The van der Waals surface area contributed by atoms with Crippen LogP contribution in [0.25, 0.3) is 0 Å². The van der Waals surface area contributed by atoms with Gasteiger partial charge >= 0.3 is 0 Å². The zero-order valence-electron chi connectivity index (χ0n) is 15.8. The van der Waals surface area contributed by atoms with Crippen molar-refractivity contribution < 1.29 is 0 Å². The Hall–Kier alpha value is 0. The van der Waals surface area contributed by atoms with E-state index < -0.39 is 0 Å². The highest BCUT2D eigenvalue weighted by Crippen LogP contribution is 2.64. The highest BCUT2D eigenvalue weighted by molar-refractivity contribution is 5.03. The summed E-state index contributed by atoms with van der Waals surface area (Å²) in [5.41, 5.74) is 1.60. The van der Waals surface area contributed by atoms with Gasteiger partial charge in [0, 0.05) is 0 Å². The third kappa shape index (κ3) is 3.13. The number of unbranched alkanes of at least 4 members (excludes halogenated alkanes) is 2. The molecule has 23 heavy (non-hydrogen) atoms. The van der Waals surface area contributed by atoms with Gasteiger partial charge in [0.1, 0.15) is 0 Å². The Morgan fingerprint density at radius 3 is 2.30 bits per heavy atom. The molecule has 6 fully saturated rings. The average molecular weight is 317 g/mol. The van der Waals surface area contributed by atoms with Gasteiger partial charge in [-0.25, -0.2) is 0 Å². The van der Waals surface area contributed by atoms with Crippen LogP contribution < -0.4 is 0 Å². The van der Waals surface area contributed by atoms with Crippen LogP contribution in [0.1, 0.15) is 116 Å². The molecule has 6 aliphatic rings. The molecule has 1 unspecified atom stereocenters. The summed E-state index contributed by atoms with van der Waals surface area (Å²) in [6, 6.07) is 0. The Bertz CT molecular complexity index is 373. The molecule has 0 nitrogen and oxygen atoms in total. The summed E-state index contributed by atoms with van der Waals surface area (Å²) < 4.78 is 0. The summed E-state index contributed by atoms with van der Waals surface area (Å²) in [5.74, 6) is 3.37. The van der Waals surface area contributed by atoms with Gasteiger partial charge in [0.2, 0.25) is 0 Å². The minimum atomic E-state index is 0.794. The van der Waals surface area contributed by atoms with Crippen molar-refractivity contribution in [3.8, 4) is 0 Å². The lowest BCUT2D eigenvalue weighted by Gasteiger charge is -2.59. The van der Waals surface area contributed by atoms with Gasteiger partial charge in [-0.15, -0.1) is 0 Å². The topological polar surface area (TPSA) is 0 Å². The predicted octanol–water partition coefficient (Wildman–Crippen LogP) is 7.51. The molecule has 0 aromatic heterocycles. The lowest BCUT2D eigenvalue weighted by Crippen LogP contribution is -2.49. The lowest BCUT2D eigenvalue weighted by molar-refractivity contribution is -0.0877. The number of hydrogen-bond acceptors (Lipinski definition) is 0. The van der Waals surface area contributed by atoms with Crippen molar-refractivity contribution in [1.82, 2.24) is 0 Å². The van der Waals surface area contributed by atoms with Crippen LogP contribution in [-0.2, 0) is 0 Å². The third-order valence-corrected chi connectivity index (χ3v) is 9.05. The maximum Gasteiger partial charge on any atom is -0.0266 e. The van der Waals surface area contributed by atoms with Gasteiger partial charge in [-0.1, -0.05) is 45.4 Å². The molecular formula is C23H40. The molecule has 0 aromatic carbocycles. The zero-order chi connectivity index (χ0) is 15.8. The molecule has 0 heteroatoms. The first-order chi connectivity index (χ1) is 11.3. The maximum absolute atomic E-state index is 2.37. The molecule has 0 N–H and O–H groups in total. The minimum Gasteiger partial charge on any atom is -0.0654 e. The van der Waals surface area contributed by atoms with Crippen LogP contribution in [0.3, 0.4) is 0 Å². The third-order valence-electron chi connectivity index (χ3n) is 9.05. The SMILES string of the molecule is CCCCCC12CCC(CC1)C(C13CCCCC(CC1)CC3)C2. The minimum absolute atomic E-state index is 0.794. The number of fused-ring (bicyclic) bond motifs is 8. The Morgan fingerprint density at radius 2 is 1.57 bits per heavy atom. The molecule has 4 bridgehead atoms. The van der Waals surface area contributed by atoms with Gasteiger partial charge < -0.3 is 0 Å². The summed E-state index contributed by atoms with van der Waals surface area (Å²) in [6.45, 7) is 2.37. The largest absolute Gasteiger partial charge is 0.0654 e. The molecule has 6 saturated carbocycles. The fraction of sp³-hybridized carbons (Fsp3) is 1.00. The molecule has 6 rings (SSSR count). The molecule has 0 aromatic rings. The monoisotopic (exact) mass is 316 g/mol. The van der Waals surface area contributed by atoms with Gasteiger partial charge in [0.05, 0.1) is 0 Å². The van der Waals surface area contributed by atoms with E-state index in [0.29, 0.717) is 0 Å². The summed E-state index contributed by atoms with van der Waals surface area (Å²) in [7, 11) is 0. The van der Waals surface area contributed by atoms with E-state index in [1.165, 1.54) is 19.3 Å². The number of rotatable bonds is 5. The fourth-order valence-corrected chi connectivity index (χ4v) is 7.57. The lowest BCUT2D eigenvalue weighted by atomic mass is 9.46. The Morgan fingerprint density at radius 1 is 0.783 bits per heavy atom. The van der Waals surface area contributed by atoms with Crippen molar-refractivity contribution >= 4 is 0 Å². The van der Waals surface area contributed by atoms with E-state index in [9.17, 15) is 0 Å². The van der Waals surface area contributed by atoms with Crippen molar-refractivity contribution in [3.05, 3.63) is 0 Å². The number of hydrogen-bond donors (Lipinski definition) is 0. The van der Waals surface area contributed by atoms with Crippen LogP contribution in [-0.4, -0.2) is 0 Å². The summed E-state index contributed by atoms with van der Waals surface area (Å²) in [4.78, 5) is 0. The molecular weight excluding hydrogens is 276 g/mol. The van der Waals surface area contributed by atoms with Gasteiger partial charge in [-0.05, 0) is 99.2 Å². The highest BCUT2D eigenvalue weighted by atomic mass is 14.6. The van der Waals surface area contributed by atoms with Crippen molar-refractivity contribution in [1.29, 1.82) is 0 Å². The van der Waals surface area contributed by atoms with Crippen molar-refractivity contribution in [2.24, 2.45) is 28.6 Å². The van der Waals surface area contributed by atoms with Crippen molar-refractivity contribution in [3.63, 3.8) is 0 Å². The Kier molecular flexibility index (Phi) is 4.81. The van der Waals surface area contributed by atoms with E-state index in [4.69, 9.17) is 0 Å².